The third-order valence-corrected chi connectivity index (χ3v) is 11.6. The molecule has 1 aliphatic heterocycles. The molecule has 13 heteroatoms. The lowest BCUT2D eigenvalue weighted by molar-refractivity contribution is -0.137. The number of carboxylic acid groups (broad SMARTS) is 1. The number of sulfonamides is 1. The van der Waals surface area contributed by atoms with Crippen LogP contribution in [0.15, 0.2) is 48.7 Å². The minimum Gasteiger partial charge on any atom is -0.481 e. The van der Waals surface area contributed by atoms with Gasteiger partial charge in [-0.1, -0.05) is 63.2 Å². The number of aryl methyl sites for hydroxylation is 1. The van der Waals surface area contributed by atoms with E-state index in [-0.39, 0.29) is 48.4 Å². The monoisotopic (exact) mass is 779 g/mol. The maximum Gasteiger partial charge on any atom is 0.303 e. The van der Waals surface area contributed by atoms with Crippen molar-refractivity contribution in [2.45, 2.75) is 136 Å². The molecule has 0 saturated carbocycles. The van der Waals surface area contributed by atoms with Crippen molar-refractivity contribution in [2.24, 2.45) is 0 Å². The summed E-state index contributed by atoms with van der Waals surface area (Å²) in [4.78, 5) is 46.9. The van der Waals surface area contributed by atoms with Crippen molar-refractivity contribution in [3.05, 3.63) is 76.9 Å². The minimum absolute atomic E-state index is 0.000604. The van der Waals surface area contributed by atoms with Gasteiger partial charge in [0.1, 0.15) is 11.5 Å². The van der Waals surface area contributed by atoms with Gasteiger partial charge in [-0.05, 0) is 101 Å². The highest BCUT2D eigenvalue weighted by Crippen LogP contribution is 2.33. The number of carboxylic acids is 1. The molecule has 0 spiro atoms. The highest BCUT2D eigenvalue weighted by atomic mass is 32.2. The van der Waals surface area contributed by atoms with E-state index in [1.165, 1.54) is 16.4 Å². The Kier molecular flexibility index (Phi) is 17.5. The number of hydrogen-bond donors (Lipinski definition) is 3. The average molecular weight is 780 g/mol. The van der Waals surface area contributed by atoms with Crippen LogP contribution in [0.5, 0.6) is 0 Å². The van der Waals surface area contributed by atoms with E-state index in [4.69, 9.17) is 10.1 Å². The second kappa shape index (κ2) is 22.2. The molecule has 1 aliphatic rings. The molecule has 4 rings (SSSR count). The third kappa shape index (κ3) is 13.7. The first-order valence-corrected chi connectivity index (χ1v) is 21.6. The number of nitrogens with one attached hydrogen (secondary N) is 2. The number of carbonyl (C=O) groups is 3. The Morgan fingerprint density at radius 1 is 0.909 bits per heavy atom. The molecule has 0 radical (unpaired) electrons. The van der Waals surface area contributed by atoms with Crippen LogP contribution in [0.25, 0.3) is 10.9 Å². The fourth-order valence-corrected chi connectivity index (χ4v) is 8.50. The van der Waals surface area contributed by atoms with Crippen LogP contribution in [0.2, 0.25) is 0 Å². The Bertz CT molecular complexity index is 1880. The fourth-order valence-electron chi connectivity index (χ4n) is 6.90. The van der Waals surface area contributed by atoms with Crippen molar-refractivity contribution >= 4 is 44.5 Å². The molecule has 11 nitrogen and oxygen atoms in total. The first-order chi connectivity index (χ1) is 26.5. The van der Waals surface area contributed by atoms with Crippen molar-refractivity contribution in [3.8, 4) is 0 Å². The Morgan fingerprint density at radius 2 is 1.58 bits per heavy atom. The lowest BCUT2D eigenvalue weighted by Crippen LogP contribution is -2.39. The average Bonchev–Trinajstić information content (AvgIpc) is 3.14. The van der Waals surface area contributed by atoms with Gasteiger partial charge in [-0.2, -0.15) is 0 Å². The molecular weight excluding hydrogens is 722 g/mol. The molecule has 3 aromatic rings. The molecule has 300 valence electrons. The van der Waals surface area contributed by atoms with Gasteiger partial charge in [0.15, 0.2) is 5.82 Å². The zero-order valence-electron chi connectivity index (χ0n) is 32.5. The van der Waals surface area contributed by atoms with E-state index in [1.54, 1.807) is 32.2 Å². The number of hydrogen-bond acceptors (Lipinski definition) is 7. The van der Waals surface area contributed by atoms with Gasteiger partial charge in [-0.25, -0.2) is 17.8 Å². The molecule has 1 aromatic carbocycles. The summed E-state index contributed by atoms with van der Waals surface area (Å²) in [6, 6.07) is 7.25. The smallest absolute Gasteiger partial charge is 0.303 e. The maximum absolute atomic E-state index is 14.2. The highest BCUT2D eigenvalue weighted by Gasteiger charge is 2.31. The molecule has 0 unspecified atom stereocenters. The predicted octanol–water partition coefficient (Wildman–Crippen LogP) is 8.41. The van der Waals surface area contributed by atoms with Crippen molar-refractivity contribution < 1.29 is 32.3 Å². The quantitative estimate of drug-likeness (QED) is 0.0639. The molecule has 3 N–H and O–H groups in total. The number of aliphatic carboxylic acids is 1. The summed E-state index contributed by atoms with van der Waals surface area (Å²) in [5.41, 5.74) is 1.85. The van der Waals surface area contributed by atoms with Gasteiger partial charge >= 0.3 is 5.97 Å². The number of amides is 2. The first-order valence-electron chi connectivity index (χ1n) is 20.0. The van der Waals surface area contributed by atoms with Gasteiger partial charge in [0.05, 0.1) is 11.3 Å². The molecule has 3 heterocycles. The normalized spacial score (nSPS) is 14.1. The third-order valence-electron chi connectivity index (χ3n) is 9.79. The zero-order chi connectivity index (χ0) is 39.6. The molecule has 55 heavy (non-hydrogen) atoms. The SMILES string of the molecule is CC(C)NC(=O)c1cc(F)ccc1CNC(=O)c1nc(N2CCCCS2(=O)=O)c2cccnc2c1CCCCCCCC/C=C\CCCCCCCC(=O)O. The summed E-state index contributed by atoms with van der Waals surface area (Å²) in [6.45, 7) is 3.81. The van der Waals surface area contributed by atoms with Crippen LogP contribution in [-0.2, 0) is 27.8 Å². The standard InChI is InChI=1S/C42H58FN5O6S/c1-31(2)46-41(51)36-29-33(43)25-24-32(36)30-45-42(52)39-34(38-35(22-20-26-44-38)40(47-39)48-27-18-19-28-55(48,53)54)21-16-14-12-10-8-6-4-3-5-7-9-11-13-15-17-23-37(49)50/h3,5,20,22,24-26,29,31H,4,6-19,21,23,27-28,30H2,1-2H3,(H,45,52)(H,46,51)(H,49,50)/b5-3-. The summed E-state index contributed by atoms with van der Waals surface area (Å²) in [7, 11) is -3.64. The van der Waals surface area contributed by atoms with Crippen molar-refractivity contribution in [2.75, 3.05) is 16.6 Å². The number of benzene rings is 1. The Morgan fingerprint density at radius 3 is 2.25 bits per heavy atom. The van der Waals surface area contributed by atoms with E-state index in [1.807, 2.05) is 0 Å². The molecular formula is C42H58FN5O6S. The van der Waals surface area contributed by atoms with E-state index in [2.05, 4.69) is 27.8 Å². The van der Waals surface area contributed by atoms with Crippen LogP contribution in [0, 0.1) is 5.82 Å². The van der Waals surface area contributed by atoms with Crippen LogP contribution in [-0.4, -0.2) is 59.6 Å². The number of anilines is 1. The Labute approximate surface area is 325 Å². The van der Waals surface area contributed by atoms with E-state index >= 15 is 0 Å². The zero-order valence-corrected chi connectivity index (χ0v) is 33.3. The predicted molar refractivity (Wildman–Crippen MR) is 215 cm³/mol. The number of allylic oxidation sites excluding steroid dienone is 2. The molecule has 1 fully saturated rings. The number of nitrogens with zero attached hydrogens (tertiary/aromatic N) is 3. The van der Waals surface area contributed by atoms with Crippen LogP contribution >= 0.6 is 0 Å². The van der Waals surface area contributed by atoms with Crippen LogP contribution in [0.3, 0.4) is 0 Å². The van der Waals surface area contributed by atoms with Gasteiger partial charge in [0.25, 0.3) is 11.8 Å². The molecule has 2 amide bonds. The van der Waals surface area contributed by atoms with Gasteiger partial charge in [-0.3, -0.25) is 23.7 Å². The second-order valence-corrected chi connectivity index (χ2v) is 16.7. The van der Waals surface area contributed by atoms with Gasteiger partial charge < -0.3 is 15.7 Å². The minimum atomic E-state index is -3.64. The van der Waals surface area contributed by atoms with E-state index in [0.717, 1.165) is 89.5 Å². The van der Waals surface area contributed by atoms with Crippen LogP contribution in [0.1, 0.15) is 149 Å². The summed E-state index contributed by atoms with van der Waals surface area (Å²) >= 11 is 0. The van der Waals surface area contributed by atoms with Crippen LogP contribution in [0.4, 0.5) is 10.2 Å². The summed E-state index contributed by atoms with van der Waals surface area (Å²) in [6.07, 6.45) is 21.6. The number of pyridine rings is 2. The lowest BCUT2D eigenvalue weighted by Gasteiger charge is -2.29. The topological polar surface area (TPSA) is 159 Å². The molecule has 2 aromatic heterocycles. The number of fused-ring (bicyclic) bond motifs is 1. The molecule has 0 bridgehead atoms. The lowest BCUT2D eigenvalue weighted by atomic mass is 9.99. The molecule has 0 atom stereocenters. The maximum atomic E-state index is 14.2. The summed E-state index contributed by atoms with van der Waals surface area (Å²) < 4.78 is 42.0. The van der Waals surface area contributed by atoms with Gasteiger partial charge in [0.2, 0.25) is 10.0 Å². The number of carbonyl (C=O) groups excluding carboxylic acids is 2. The first kappa shape index (κ1) is 43.3. The van der Waals surface area contributed by atoms with Crippen molar-refractivity contribution in [1.29, 1.82) is 0 Å². The Hall–Kier alpha value is -4.39. The van der Waals surface area contributed by atoms with Gasteiger partial charge in [0, 0.05) is 48.3 Å². The number of halogens is 1. The number of aromatic nitrogens is 2. The summed E-state index contributed by atoms with van der Waals surface area (Å²) in [5.74, 6) is -2.06. The van der Waals surface area contributed by atoms with E-state index in [0.29, 0.717) is 41.3 Å². The fraction of sp³-hybridized carbons (Fsp3) is 0.548. The van der Waals surface area contributed by atoms with Crippen molar-refractivity contribution in [3.63, 3.8) is 0 Å². The van der Waals surface area contributed by atoms with Gasteiger partial charge in [-0.15, -0.1) is 0 Å². The number of unbranched alkanes of at least 4 members (excludes halogenated alkanes) is 11. The highest BCUT2D eigenvalue weighted by molar-refractivity contribution is 7.92. The molecule has 0 aliphatic carbocycles. The van der Waals surface area contributed by atoms with Crippen LogP contribution < -0.4 is 14.9 Å². The van der Waals surface area contributed by atoms with E-state index in [9.17, 15) is 27.2 Å². The van der Waals surface area contributed by atoms with E-state index < -0.39 is 33.6 Å². The summed E-state index contributed by atoms with van der Waals surface area (Å²) in [5, 5.41) is 14.9. The second-order valence-electron chi connectivity index (χ2n) is 14.7. The largest absolute Gasteiger partial charge is 0.481 e. The number of rotatable bonds is 23. The van der Waals surface area contributed by atoms with Crippen molar-refractivity contribution in [1.82, 2.24) is 20.6 Å². The Balaban J connectivity index is 1.39. The molecule has 1 saturated heterocycles.